The Morgan fingerprint density at radius 2 is 1.95 bits per heavy atom. The van der Waals surface area contributed by atoms with Crippen molar-refractivity contribution in [3.63, 3.8) is 0 Å². The van der Waals surface area contributed by atoms with Crippen molar-refractivity contribution in [1.82, 2.24) is 4.98 Å². The lowest BCUT2D eigenvalue weighted by Gasteiger charge is -2.27. The van der Waals surface area contributed by atoms with Crippen LogP contribution in [0.2, 0.25) is 0 Å². The molecule has 0 bridgehead atoms. The summed E-state index contributed by atoms with van der Waals surface area (Å²) >= 11 is -0.688. The molecule has 0 radical (unpaired) electrons. The fourth-order valence-corrected chi connectivity index (χ4v) is 5.73. The minimum Gasteiger partial charge on any atom is -0.593 e. The second kappa shape index (κ2) is 11.4. The summed E-state index contributed by atoms with van der Waals surface area (Å²) in [6, 6.07) is 9.32. The van der Waals surface area contributed by atoms with Gasteiger partial charge in [0.2, 0.25) is 10.0 Å². The van der Waals surface area contributed by atoms with Gasteiger partial charge >= 0.3 is 0 Å². The Hall–Kier alpha value is -2.92. The molecule has 1 atom stereocenters. The first-order chi connectivity index (χ1) is 18.3. The summed E-state index contributed by atoms with van der Waals surface area (Å²) in [5.41, 5.74) is 10.9. The Balaban J connectivity index is 1.61. The Labute approximate surface area is 227 Å². The highest BCUT2D eigenvalue weighted by atomic mass is 32.2. The molecule has 1 aromatic heterocycles. The van der Waals surface area contributed by atoms with Gasteiger partial charge in [0.25, 0.3) is 0 Å². The Bertz CT molecular complexity index is 1410. The maximum Gasteiger partial charge on any atom is 0.209 e. The van der Waals surface area contributed by atoms with Crippen molar-refractivity contribution in [2.24, 2.45) is 21.8 Å². The van der Waals surface area contributed by atoms with Crippen molar-refractivity contribution in [3.05, 3.63) is 81.4 Å². The van der Waals surface area contributed by atoms with Crippen molar-refractivity contribution >= 4 is 45.5 Å². The molecule has 2 saturated carbocycles. The number of aliphatic imine (C=N–C) groups is 1. The summed E-state index contributed by atoms with van der Waals surface area (Å²) < 4.78 is 41.0. The molecule has 198 valence electrons. The van der Waals surface area contributed by atoms with Gasteiger partial charge in [-0.1, -0.05) is 12.5 Å². The standard InChI is InChI=1S/C28H28F2N4O2S2/c29-23-8-7-19(13-21(23)18-2-1-3-18)27(31)22(10-17-6-9-26(38(32)36)24(30)11-17)25(12-16-4-5-16)34-28-33-20(14-35)15-37-28/h6-9,11,13-16,18H,1-5,10,12,31-32H2. The van der Waals surface area contributed by atoms with E-state index < -0.39 is 17.2 Å². The summed E-state index contributed by atoms with van der Waals surface area (Å²) in [5, 5.41) is 7.46. The first-order valence-corrected chi connectivity index (χ1v) is 14.6. The molecule has 0 spiro atoms. The van der Waals surface area contributed by atoms with E-state index in [0.717, 1.165) is 32.1 Å². The van der Waals surface area contributed by atoms with Gasteiger partial charge in [0.05, 0.1) is 11.4 Å². The third kappa shape index (κ3) is 6.04. The molecule has 38 heavy (non-hydrogen) atoms. The normalized spacial score (nSPS) is 17.6. The Kier molecular flexibility index (Phi) is 8.04. The molecule has 2 aliphatic carbocycles. The van der Waals surface area contributed by atoms with E-state index in [1.165, 1.54) is 29.5 Å². The number of nitrogens with zero attached hydrogens (tertiary/aromatic N) is 2. The molecule has 6 nitrogen and oxygen atoms in total. The second-order valence-electron chi connectivity index (χ2n) is 9.87. The summed E-state index contributed by atoms with van der Waals surface area (Å²) in [7, 11) is 0. The molecule has 1 unspecified atom stereocenters. The number of halogens is 2. The van der Waals surface area contributed by atoms with E-state index in [9.17, 15) is 18.1 Å². The molecular formula is C28H28F2N4O2S2. The molecule has 5 rings (SSSR count). The van der Waals surface area contributed by atoms with Crippen molar-refractivity contribution in [3.8, 4) is 0 Å². The van der Waals surface area contributed by atoms with Gasteiger partial charge in [-0.3, -0.25) is 4.79 Å². The van der Waals surface area contributed by atoms with Gasteiger partial charge in [0.15, 0.2) is 12.1 Å². The molecular weight excluding hydrogens is 526 g/mol. The number of aromatic nitrogens is 1. The number of benzene rings is 2. The third-order valence-corrected chi connectivity index (χ3v) is 8.68. The van der Waals surface area contributed by atoms with E-state index in [2.05, 4.69) is 4.98 Å². The zero-order chi connectivity index (χ0) is 26.8. The zero-order valence-electron chi connectivity index (χ0n) is 20.7. The quantitative estimate of drug-likeness (QED) is 0.182. The minimum absolute atomic E-state index is 0.0769. The average molecular weight is 555 g/mol. The van der Waals surface area contributed by atoms with Crippen LogP contribution in [0.15, 0.2) is 57.2 Å². The van der Waals surface area contributed by atoms with Crippen molar-refractivity contribution in [1.29, 1.82) is 0 Å². The van der Waals surface area contributed by atoms with Crippen LogP contribution in [0.3, 0.4) is 0 Å². The second-order valence-corrected chi connectivity index (χ2v) is 11.7. The van der Waals surface area contributed by atoms with Crippen molar-refractivity contribution in [2.45, 2.75) is 55.8 Å². The minimum atomic E-state index is -1.94. The van der Waals surface area contributed by atoms with Crippen LogP contribution in [0, 0.1) is 17.6 Å². The lowest BCUT2D eigenvalue weighted by atomic mass is 9.79. The monoisotopic (exact) mass is 554 g/mol. The third-order valence-electron chi connectivity index (χ3n) is 7.16. The highest BCUT2D eigenvalue weighted by Gasteiger charge is 2.28. The predicted octanol–water partition coefficient (Wildman–Crippen LogP) is 5.97. The molecule has 0 saturated heterocycles. The number of hydrogen-bond acceptors (Lipinski definition) is 7. The van der Waals surface area contributed by atoms with E-state index in [1.807, 2.05) is 6.07 Å². The SMILES string of the molecule is NC(=C(Cc1ccc([S+](N)[O-])c(F)c1)C(CC1CC1)=Nc1nc(C=O)cs1)c1ccc(F)c(C2CCC2)c1. The van der Waals surface area contributed by atoms with Crippen LogP contribution >= 0.6 is 11.3 Å². The fourth-order valence-electron chi connectivity index (χ4n) is 4.62. The van der Waals surface area contributed by atoms with E-state index in [-0.39, 0.29) is 23.1 Å². The van der Waals surface area contributed by atoms with Crippen molar-refractivity contribution < 1.29 is 18.1 Å². The van der Waals surface area contributed by atoms with Crippen LogP contribution in [0.25, 0.3) is 5.70 Å². The van der Waals surface area contributed by atoms with E-state index in [1.54, 1.807) is 17.5 Å². The Morgan fingerprint density at radius 1 is 1.16 bits per heavy atom. The summed E-state index contributed by atoms with van der Waals surface area (Å²) in [6.45, 7) is 0. The maximum atomic E-state index is 14.7. The number of rotatable bonds is 10. The molecule has 2 aromatic carbocycles. The number of carbonyl (C=O) groups excluding carboxylic acids is 1. The zero-order valence-corrected chi connectivity index (χ0v) is 22.3. The maximum absolute atomic E-state index is 14.7. The van der Waals surface area contributed by atoms with Crippen LogP contribution in [0.5, 0.6) is 0 Å². The van der Waals surface area contributed by atoms with Gasteiger partial charge in [0, 0.05) is 28.8 Å². The molecule has 2 aliphatic rings. The van der Waals surface area contributed by atoms with Crippen molar-refractivity contribution in [2.75, 3.05) is 0 Å². The number of allylic oxidation sites excluding steroid dienone is 1. The fraction of sp³-hybridized carbons (Fsp3) is 0.321. The van der Waals surface area contributed by atoms with Crippen LogP contribution in [0.1, 0.15) is 71.6 Å². The van der Waals surface area contributed by atoms with Gasteiger partial charge in [-0.25, -0.2) is 18.8 Å². The van der Waals surface area contributed by atoms with Gasteiger partial charge in [-0.15, -0.1) is 16.5 Å². The Morgan fingerprint density at radius 3 is 2.55 bits per heavy atom. The number of thiazole rings is 1. The van der Waals surface area contributed by atoms with Crippen LogP contribution in [0.4, 0.5) is 13.9 Å². The average Bonchev–Trinajstić information content (AvgIpc) is 3.56. The largest absolute Gasteiger partial charge is 0.593 e. The van der Waals surface area contributed by atoms with Gasteiger partial charge in [-0.2, -0.15) is 0 Å². The summed E-state index contributed by atoms with van der Waals surface area (Å²) in [5.74, 6) is -0.274. The lowest BCUT2D eigenvalue weighted by molar-refractivity contribution is 0.111. The molecule has 4 N–H and O–H groups in total. The highest BCUT2D eigenvalue weighted by molar-refractivity contribution is 7.89. The number of carbonyl (C=O) groups is 1. The van der Waals surface area contributed by atoms with Gasteiger partial charge in [0.1, 0.15) is 11.5 Å². The number of aldehydes is 1. The number of hydrogen-bond donors (Lipinski definition) is 2. The molecule has 1 heterocycles. The molecule has 3 aromatic rings. The van der Waals surface area contributed by atoms with E-state index >= 15 is 0 Å². The molecule has 0 amide bonds. The number of nitrogens with two attached hydrogens (primary N) is 2. The van der Waals surface area contributed by atoms with E-state index in [0.29, 0.717) is 63.1 Å². The van der Waals surface area contributed by atoms with Gasteiger partial charge < -0.3 is 10.3 Å². The van der Waals surface area contributed by atoms with Crippen LogP contribution < -0.4 is 10.9 Å². The van der Waals surface area contributed by atoms with E-state index in [4.69, 9.17) is 15.9 Å². The molecule has 10 heteroatoms. The molecule has 2 fully saturated rings. The summed E-state index contributed by atoms with van der Waals surface area (Å²) in [6.07, 6.45) is 6.67. The predicted molar refractivity (Wildman–Crippen MR) is 147 cm³/mol. The van der Waals surface area contributed by atoms with Crippen LogP contribution in [-0.2, 0) is 17.8 Å². The first-order valence-electron chi connectivity index (χ1n) is 12.5. The first kappa shape index (κ1) is 26.7. The topological polar surface area (TPSA) is 117 Å². The molecule has 0 aliphatic heterocycles. The van der Waals surface area contributed by atoms with Gasteiger partial charge in [-0.05, 0) is 91.0 Å². The van der Waals surface area contributed by atoms with Crippen LogP contribution in [-0.4, -0.2) is 21.5 Å². The smallest absolute Gasteiger partial charge is 0.209 e. The summed E-state index contributed by atoms with van der Waals surface area (Å²) in [4.78, 5) is 20.2. The highest BCUT2D eigenvalue weighted by Crippen LogP contribution is 2.39. The lowest BCUT2D eigenvalue weighted by Crippen LogP contribution is -2.16.